The van der Waals surface area contributed by atoms with E-state index in [9.17, 15) is 0 Å². The lowest BCUT2D eigenvalue weighted by atomic mass is 10.2. The minimum atomic E-state index is 1.06. The molecule has 2 nitrogen and oxygen atoms in total. The topological polar surface area (TPSA) is 6.48 Å². The number of hydrogen-bond acceptors (Lipinski definition) is 2. The molecule has 0 N–H and O–H groups in total. The van der Waals surface area contributed by atoms with Crippen molar-refractivity contribution in [3.8, 4) is 0 Å². The predicted molar refractivity (Wildman–Crippen MR) is 43.6 cm³/mol. The van der Waals surface area contributed by atoms with E-state index in [1.165, 1.54) is 11.3 Å². The molecule has 1 rings (SSSR count). The fourth-order valence-corrected chi connectivity index (χ4v) is 1.36. The second-order valence-electron chi connectivity index (χ2n) is 3.22. The van der Waals surface area contributed by atoms with Crippen molar-refractivity contribution < 1.29 is 0 Å². The average molecular weight is 140 g/mol. The largest absolute Gasteiger partial charge is 0.365 e. The lowest BCUT2D eigenvalue weighted by Crippen LogP contribution is -2.38. The Bertz CT molecular complexity index is 161. The first-order valence-electron chi connectivity index (χ1n) is 3.67. The van der Waals surface area contributed by atoms with Crippen molar-refractivity contribution in [1.29, 1.82) is 0 Å². The summed E-state index contributed by atoms with van der Waals surface area (Å²) >= 11 is 0. The minimum absolute atomic E-state index is 1.06. The van der Waals surface area contributed by atoms with E-state index in [1.54, 1.807) is 0 Å². The molecule has 0 fully saturated rings. The fraction of sp³-hybridized carbons (Fsp3) is 0.750. The summed E-state index contributed by atoms with van der Waals surface area (Å²) in [4.78, 5) is 4.58. The second-order valence-corrected chi connectivity index (χ2v) is 3.22. The number of allylic oxidation sites excluding steroid dienone is 1. The molecule has 1 heterocycles. The Hall–Kier alpha value is -0.500. The Balaban J connectivity index is 2.74. The molecule has 0 saturated carbocycles. The van der Waals surface area contributed by atoms with Crippen molar-refractivity contribution in [2.45, 2.75) is 13.8 Å². The third-order valence-corrected chi connectivity index (χ3v) is 2.15. The van der Waals surface area contributed by atoms with Crippen molar-refractivity contribution in [3.63, 3.8) is 0 Å². The zero-order valence-corrected chi connectivity index (χ0v) is 7.31. The Morgan fingerprint density at radius 1 is 1.20 bits per heavy atom. The van der Waals surface area contributed by atoms with Gasteiger partial charge >= 0.3 is 0 Å². The van der Waals surface area contributed by atoms with Gasteiger partial charge in [-0.15, -0.1) is 0 Å². The molecule has 0 saturated heterocycles. The quantitative estimate of drug-likeness (QED) is 0.497. The van der Waals surface area contributed by atoms with E-state index in [0.717, 1.165) is 13.2 Å². The van der Waals surface area contributed by atoms with Crippen LogP contribution in [0, 0.1) is 0 Å². The van der Waals surface area contributed by atoms with Gasteiger partial charge in [-0.25, -0.2) is 0 Å². The number of likely N-dealkylation sites (N-methyl/N-ethyl adjacent to an activating group) is 1. The molecule has 10 heavy (non-hydrogen) atoms. The van der Waals surface area contributed by atoms with Gasteiger partial charge in [0.15, 0.2) is 0 Å². The molecule has 0 atom stereocenters. The highest BCUT2D eigenvalue weighted by atomic mass is 15.3. The van der Waals surface area contributed by atoms with Gasteiger partial charge in [0, 0.05) is 19.3 Å². The highest BCUT2D eigenvalue weighted by Crippen LogP contribution is 2.13. The number of rotatable bonds is 0. The first-order chi connectivity index (χ1) is 4.61. The van der Waals surface area contributed by atoms with Crippen LogP contribution in [-0.2, 0) is 0 Å². The Morgan fingerprint density at radius 2 is 1.80 bits per heavy atom. The lowest BCUT2D eigenvalue weighted by molar-refractivity contribution is 0.204. The lowest BCUT2D eigenvalue weighted by Gasteiger charge is -2.33. The van der Waals surface area contributed by atoms with Gasteiger partial charge in [-0.1, -0.05) is 0 Å². The molecule has 1 aliphatic heterocycles. The molecule has 0 spiro atoms. The smallest absolute Gasteiger partial charge is 0.0701 e. The average Bonchev–Trinajstić information content (AvgIpc) is 1.82. The molecule has 0 unspecified atom stereocenters. The maximum absolute atomic E-state index is 2.31. The van der Waals surface area contributed by atoms with Crippen molar-refractivity contribution in [2.24, 2.45) is 0 Å². The molecular weight excluding hydrogens is 124 g/mol. The van der Waals surface area contributed by atoms with Crippen LogP contribution in [0.4, 0.5) is 0 Å². The summed E-state index contributed by atoms with van der Waals surface area (Å²) in [7, 11) is 4.28. The van der Waals surface area contributed by atoms with Gasteiger partial charge in [-0.3, -0.25) is 4.90 Å². The molecule has 0 aromatic heterocycles. The van der Waals surface area contributed by atoms with Gasteiger partial charge in [0.1, 0.15) is 0 Å². The Kier molecular flexibility index (Phi) is 2.00. The van der Waals surface area contributed by atoms with Crippen LogP contribution >= 0.6 is 0 Å². The zero-order valence-electron chi connectivity index (χ0n) is 7.31. The van der Waals surface area contributed by atoms with Crippen LogP contribution in [-0.4, -0.2) is 37.1 Å². The van der Waals surface area contributed by atoms with Crippen LogP contribution in [0.25, 0.3) is 0 Å². The standard InChI is InChI=1S/C8H16N2/c1-7-5-9(3)6-10(4)8(7)2/h5-6H2,1-4H3. The van der Waals surface area contributed by atoms with E-state index >= 15 is 0 Å². The van der Waals surface area contributed by atoms with Crippen molar-refractivity contribution in [1.82, 2.24) is 9.80 Å². The SMILES string of the molecule is CC1=C(C)N(C)CN(C)C1. The Labute approximate surface area is 63.1 Å². The van der Waals surface area contributed by atoms with Crippen LogP contribution in [0.15, 0.2) is 11.3 Å². The van der Waals surface area contributed by atoms with Gasteiger partial charge < -0.3 is 4.90 Å². The van der Waals surface area contributed by atoms with Crippen LogP contribution < -0.4 is 0 Å². The van der Waals surface area contributed by atoms with Crippen molar-refractivity contribution in [2.75, 3.05) is 27.3 Å². The van der Waals surface area contributed by atoms with E-state index in [4.69, 9.17) is 0 Å². The summed E-state index contributed by atoms with van der Waals surface area (Å²) in [5.74, 6) is 0. The molecule has 0 bridgehead atoms. The van der Waals surface area contributed by atoms with Crippen LogP contribution in [0.3, 0.4) is 0 Å². The summed E-state index contributed by atoms with van der Waals surface area (Å²) in [5, 5.41) is 0. The summed E-state index contributed by atoms with van der Waals surface area (Å²) in [6.45, 7) is 6.56. The van der Waals surface area contributed by atoms with E-state index < -0.39 is 0 Å². The van der Waals surface area contributed by atoms with E-state index in [-0.39, 0.29) is 0 Å². The van der Waals surface area contributed by atoms with Gasteiger partial charge in [-0.2, -0.15) is 0 Å². The second kappa shape index (κ2) is 2.62. The maximum atomic E-state index is 2.31. The van der Waals surface area contributed by atoms with Gasteiger partial charge in [0.2, 0.25) is 0 Å². The zero-order chi connectivity index (χ0) is 7.72. The van der Waals surface area contributed by atoms with Crippen LogP contribution in [0.1, 0.15) is 13.8 Å². The van der Waals surface area contributed by atoms with Crippen molar-refractivity contribution in [3.05, 3.63) is 11.3 Å². The summed E-state index contributed by atoms with van der Waals surface area (Å²) in [6, 6.07) is 0. The molecule has 0 radical (unpaired) electrons. The monoisotopic (exact) mass is 140 g/mol. The highest BCUT2D eigenvalue weighted by molar-refractivity contribution is 5.12. The summed E-state index contributed by atoms with van der Waals surface area (Å²) < 4.78 is 0. The Morgan fingerprint density at radius 3 is 2.30 bits per heavy atom. The molecule has 2 heteroatoms. The maximum Gasteiger partial charge on any atom is 0.0701 e. The first kappa shape index (κ1) is 7.61. The molecule has 1 aliphatic rings. The summed E-state index contributed by atoms with van der Waals surface area (Å²) in [6.07, 6.45) is 0. The van der Waals surface area contributed by atoms with Crippen LogP contribution in [0.5, 0.6) is 0 Å². The van der Waals surface area contributed by atoms with Crippen LogP contribution in [0.2, 0.25) is 0 Å². The molecule has 0 aliphatic carbocycles. The molecule has 0 amide bonds. The molecule has 0 aromatic rings. The number of hydrogen-bond donors (Lipinski definition) is 0. The molecule has 0 aromatic carbocycles. The summed E-state index contributed by atoms with van der Waals surface area (Å²) in [5.41, 5.74) is 2.91. The third kappa shape index (κ3) is 1.32. The van der Waals surface area contributed by atoms with E-state index in [1.807, 2.05) is 0 Å². The van der Waals surface area contributed by atoms with Gasteiger partial charge in [-0.05, 0) is 26.5 Å². The molecule has 58 valence electrons. The third-order valence-electron chi connectivity index (χ3n) is 2.15. The van der Waals surface area contributed by atoms with E-state index in [2.05, 4.69) is 37.7 Å². The highest BCUT2D eigenvalue weighted by Gasteiger charge is 2.12. The van der Waals surface area contributed by atoms with E-state index in [0.29, 0.717) is 0 Å². The first-order valence-corrected chi connectivity index (χ1v) is 3.67. The van der Waals surface area contributed by atoms with Gasteiger partial charge in [0.05, 0.1) is 6.67 Å². The fourth-order valence-electron chi connectivity index (χ4n) is 1.36. The molecular formula is C8H16N2. The van der Waals surface area contributed by atoms with Crippen molar-refractivity contribution >= 4 is 0 Å². The minimum Gasteiger partial charge on any atom is -0.365 e. The van der Waals surface area contributed by atoms with Gasteiger partial charge in [0.25, 0.3) is 0 Å². The normalized spacial score (nSPS) is 22.2. The predicted octanol–water partition coefficient (Wildman–Crippen LogP) is 1.12. The number of nitrogens with zero attached hydrogens (tertiary/aromatic N) is 2.